The molecule has 1 heterocycles. The summed E-state index contributed by atoms with van der Waals surface area (Å²) in [4.78, 5) is 24.9. The second kappa shape index (κ2) is 5.66. The lowest BCUT2D eigenvalue weighted by atomic mass is 10.2. The van der Waals surface area contributed by atoms with Crippen LogP contribution in [0.2, 0.25) is 5.02 Å². The fraction of sp³-hybridized carbons (Fsp3) is 0.182. The third-order valence-corrected chi connectivity index (χ3v) is 2.86. The van der Waals surface area contributed by atoms with E-state index < -0.39 is 10.9 Å². The quantitative estimate of drug-likeness (QED) is 0.684. The molecular weight excluding hydrogens is 286 g/mol. The van der Waals surface area contributed by atoms with Crippen molar-refractivity contribution in [3.05, 3.63) is 45.2 Å². The number of aromatic nitrogens is 3. The van der Waals surface area contributed by atoms with Crippen LogP contribution in [-0.4, -0.2) is 25.6 Å². The maximum atomic E-state index is 11.7. The third kappa shape index (κ3) is 3.29. The molecule has 2 aromatic rings. The summed E-state index contributed by atoms with van der Waals surface area (Å²) in [7, 11) is 0. The topological polar surface area (TPSA) is 103 Å². The molecule has 0 unspecified atom stereocenters. The van der Waals surface area contributed by atoms with Gasteiger partial charge in [-0.15, -0.1) is 0 Å². The van der Waals surface area contributed by atoms with E-state index in [0.29, 0.717) is 10.7 Å². The summed E-state index contributed by atoms with van der Waals surface area (Å²) in [5.74, 6) is -0.930. The molecule has 104 valence electrons. The predicted molar refractivity (Wildman–Crippen MR) is 71.5 cm³/mol. The molecule has 0 atom stereocenters. The summed E-state index contributed by atoms with van der Waals surface area (Å²) >= 11 is 5.94. The molecule has 0 aliphatic heterocycles. The van der Waals surface area contributed by atoms with Crippen LogP contribution in [0.1, 0.15) is 5.56 Å². The van der Waals surface area contributed by atoms with Crippen molar-refractivity contribution >= 4 is 29.1 Å². The van der Waals surface area contributed by atoms with Gasteiger partial charge in [-0.2, -0.15) is 4.68 Å². The third-order valence-electron chi connectivity index (χ3n) is 2.45. The van der Waals surface area contributed by atoms with Gasteiger partial charge in [0.2, 0.25) is 12.2 Å². The van der Waals surface area contributed by atoms with E-state index in [4.69, 9.17) is 11.6 Å². The Morgan fingerprint density at radius 2 is 2.30 bits per heavy atom. The number of aryl methyl sites for hydroxylation is 1. The van der Waals surface area contributed by atoms with E-state index in [2.05, 4.69) is 15.4 Å². The van der Waals surface area contributed by atoms with E-state index in [-0.39, 0.29) is 12.5 Å². The summed E-state index contributed by atoms with van der Waals surface area (Å²) in [5.41, 5.74) is 1.44. The summed E-state index contributed by atoms with van der Waals surface area (Å²) in [6.07, 6.45) is 1.12. The smallest absolute Gasteiger partial charge is 0.390 e. The number of halogens is 1. The highest BCUT2D eigenvalue weighted by molar-refractivity contribution is 6.31. The van der Waals surface area contributed by atoms with Crippen molar-refractivity contribution in [1.82, 2.24) is 14.8 Å². The number of nitro groups is 1. The fourth-order valence-corrected chi connectivity index (χ4v) is 1.64. The SMILES string of the molecule is Cc1ccc(NC(=O)Cn2cnc([N+](=O)[O-])n2)cc1Cl. The molecule has 9 heteroatoms. The Kier molecular flexibility index (Phi) is 3.94. The maximum absolute atomic E-state index is 11.7. The molecule has 20 heavy (non-hydrogen) atoms. The van der Waals surface area contributed by atoms with Gasteiger partial charge >= 0.3 is 5.95 Å². The van der Waals surface area contributed by atoms with Gasteiger partial charge in [-0.3, -0.25) is 4.79 Å². The minimum atomic E-state index is -0.728. The van der Waals surface area contributed by atoms with Gasteiger partial charge < -0.3 is 15.4 Å². The van der Waals surface area contributed by atoms with Crippen LogP contribution in [0.4, 0.5) is 11.6 Å². The first kappa shape index (κ1) is 13.9. The second-order valence-corrected chi connectivity index (χ2v) is 4.42. The van der Waals surface area contributed by atoms with Gasteiger partial charge in [-0.05, 0) is 29.5 Å². The highest BCUT2D eigenvalue weighted by Gasteiger charge is 2.15. The van der Waals surface area contributed by atoms with Crippen LogP contribution in [0, 0.1) is 17.0 Å². The summed E-state index contributed by atoms with van der Waals surface area (Å²) in [6.45, 7) is 1.68. The molecule has 0 fully saturated rings. The number of carbonyl (C=O) groups is 1. The Bertz CT molecular complexity index is 670. The average Bonchev–Trinajstić information content (AvgIpc) is 2.82. The number of hydrogen-bond donors (Lipinski definition) is 1. The molecule has 8 nitrogen and oxygen atoms in total. The molecule has 2 rings (SSSR count). The molecule has 0 saturated heterocycles. The first-order chi connectivity index (χ1) is 9.45. The largest absolute Gasteiger partial charge is 0.490 e. The van der Waals surface area contributed by atoms with Gasteiger partial charge in [0, 0.05) is 15.8 Å². The van der Waals surface area contributed by atoms with Gasteiger partial charge in [0.1, 0.15) is 6.54 Å². The Morgan fingerprint density at radius 3 is 2.90 bits per heavy atom. The van der Waals surface area contributed by atoms with Crippen molar-refractivity contribution in [3.63, 3.8) is 0 Å². The Balaban J connectivity index is 2.01. The standard InChI is InChI=1S/C11H10ClN5O3/c1-7-2-3-8(4-9(7)12)14-10(18)5-16-6-13-11(15-16)17(19)20/h2-4,6H,5H2,1H3,(H,14,18). The number of amides is 1. The van der Waals surface area contributed by atoms with Gasteiger partial charge in [0.15, 0.2) is 0 Å². The van der Waals surface area contributed by atoms with E-state index in [1.54, 1.807) is 18.2 Å². The molecule has 0 bridgehead atoms. The normalized spacial score (nSPS) is 10.3. The van der Waals surface area contributed by atoms with Crippen LogP contribution < -0.4 is 5.32 Å². The Hall–Kier alpha value is -2.48. The zero-order valence-electron chi connectivity index (χ0n) is 10.4. The number of rotatable bonds is 4. The molecule has 0 aliphatic carbocycles. The lowest BCUT2D eigenvalue weighted by Crippen LogP contribution is -2.19. The molecule has 1 aromatic heterocycles. The first-order valence-corrected chi connectivity index (χ1v) is 5.93. The lowest BCUT2D eigenvalue weighted by Gasteiger charge is -2.05. The van der Waals surface area contributed by atoms with Crippen molar-refractivity contribution < 1.29 is 9.72 Å². The summed E-state index contributed by atoms with van der Waals surface area (Å²) in [6, 6.07) is 5.11. The average molecular weight is 296 g/mol. The molecular formula is C11H10ClN5O3. The van der Waals surface area contributed by atoms with Gasteiger partial charge in [-0.25, -0.2) is 0 Å². The van der Waals surface area contributed by atoms with Gasteiger partial charge in [-0.1, -0.05) is 22.7 Å². The van der Waals surface area contributed by atoms with Crippen LogP contribution in [-0.2, 0) is 11.3 Å². The zero-order valence-corrected chi connectivity index (χ0v) is 11.2. The van der Waals surface area contributed by atoms with Crippen molar-refractivity contribution in [3.8, 4) is 0 Å². The number of anilines is 1. The van der Waals surface area contributed by atoms with E-state index in [9.17, 15) is 14.9 Å². The Labute approximate surface area is 118 Å². The van der Waals surface area contributed by atoms with E-state index >= 15 is 0 Å². The van der Waals surface area contributed by atoms with E-state index in [0.717, 1.165) is 16.6 Å². The molecule has 0 spiro atoms. The highest BCUT2D eigenvalue weighted by atomic mass is 35.5. The van der Waals surface area contributed by atoms with Crippen molar-refractivity contribution in [2.24, 2.45) is 0 Å². The highest BCUT2D eigenvalue weighted by Crippen LogP contribution is 2.19. The number of carbonyl (C=O) groups excluding carboxylic acids is 1. The van der Waals surface area contributed by atoms with Crippen LogP contribution in [0.5, 0.6) is 0 Å². The van der Waals surface area contributed by atoms with Crippen molar-refractivity contribution in [2.75, 3.05) is 5.32 Å². The van der Waals surface area contributed by atoms with Crippen molar-refractivity contribution in [2.45, 2.75) is 13.5 Å². The van der Waals surface area contributed by atoms with Gasteiger partial charge in [0.25, 0.3) is 0 Å². The van der Waals surface area contributed by atoms with Crippen LogP contribution in [0.25, 0.3) is 0 Å². The number of nitrogens with zero attached hydrogens (tertiary/aromatic N) is 4. The van der Waals surface area contributed by atoms with Crippen molar-refractivity contribution in [1.29, 1.82) is 0 Å². The zero-order chi connectivity index (χ0) is 14.7. The van der Waals surface area contributed by atoms with Gasteiger partial charge in [0.05, 0.1) is 0 Å². The molecule has 0 aliphatic rings. The first-order valence-electron chi connectivity index (χ1n) is 5.55. The summed E-state index contributed by atoms with van der Waals surface area (Å²) in [5, 5.41) is 17.1. The van der Waals surface area contributed by atoms with Crippen LogP contribution >= 0.6 is 11.6 Å². The van der Waals surface area contributed by atoms with Crippen LogP contribution in [0.3, 0.4) is 0 Å². The van der Waals surface area contributed by atoms with E-state index in [1.807, 2.05) is 6.92 Å². The monoisotopic (exact) mass is 295 g/mol. The molecule has 1 aromatic carbocycles. The fourth-order valence-electron chi connectivity index (χ4n) is 1.46. The molecule has 1 amide bonds. The second-order valence-electron chi connectivity index (χ2n) is 4.01. The molecule has 0 saturated carbocycles. The minimum absolute atomic E-state index is 0.174. The predicted octanol–water partition coefficient (Wildman–Crippen LogP) is 1.79. The number of benzene rings is 1. The molecule has 0 radical (unpaired) electrons. The number of hydrogen-bond acceptors (Lipinski definition) is 5. The Morgan fingerprint density at radius 1 is 1.55 bits per heavy atom. The summed E-state index contributed by atoms with van der Waals surface area (Å²) < 4.78 is 1.09. The van der Waals surface area contributed by atoms with Crippen LogP contribution in [0.15, 0.2) is 24.5 Å². The number of nitrogens with one attached hydrogen (secondary N) is 1. The molecule has 1 N–H and O–H groups in total. The minimum Gasteiger partial charge on any atom is -0.390 e. The van der Waals surface area contributed by atoms with E-state index in [1.165, 1.54) is 0 Å². The maximum Gasteiger partial charge on any atom is 0.490 e. The lowest BCUT2D eigenvalue weighted by molar-refractivity contribution is -0.394.